The lowest BCUT2D eigenvalue weighted by molar-refractivity contribution is 0.266. The van der Waals surface area contributed by atoms with Crippen LogP contribution in [0.15, 0.2) is 18.2 Å². The minimum absolute atomic E-state index is 0.132. The minimum atomic E-state index is -0.824. The van der Waals surface area contributed by atoms with Gasteiger partial charge >= 0.3 is 0 Å². The summed E-state index contributed by atoms with van der Waals surface area (Å²) >= 11 is 0. The maximum absolute atomic E-state index is 11.5. The average molecular weight is 267 g/mol. The number of hydrogen-bond acceptors (Lipinski definition) is 4. The molecule has 2 rings (SSSR count). The Morgan fingerprint density at radius 1 is 1.50 bits per heavy atom. The van der Waals surface area contributed by atoms with Crippen molar-refractivity contribution in [3.05, 3.63) is 24.0 Å². The molecule has 1 unspecified atom stereocenters. The number of nitrogens with two attached hydrogens (primary N) is 1. The number of hydrogen-bond donors (Lipinski definition) is 2. The lowest BCUT2D eigenvalue weighted by atomic mass is 10.3. The number of imidazole rings is 1. The van der Waals surface area contributed by atoms with Gasteiger partial charge in [0.25, 0.3) is 0 Å². The van der Waals surface area contributed by atoms with Gasteiger partial charge in [-0.25, -0.2) is 4.98 Å². The number of nitrogens with zero attached hydrogens (tertiary/aromatic N) is 2. The van der Waals surface area contributed by atoms with E-state index in [4.69, 9.17) is 5.73 Å². The highest BCUT2D eigenvalue weighted by molar-refractivity contribution is 7.84. The number of aliphatic hydroxyl groups excluding tert-OH is 1. The molecule has 0 saturated heterocycles. The van der Waals surface area contributed by atoms with Crippen LogP contribution in [-0.2, 0) is 24.0 Å². The molecule has 5 nitrogen and oxygen atoms in total. The lowest BCUT2D eigenvalue weighted by Crippen LogP contribution is -2.11. The second kappa shape index (κ2) is 5.49. The van der Waals surface area contributed by atoms with Crippen LogP contribution in [0.3, 0.4) is 0 Å². The van der Waals surface area contributed by atoms with E-state index in [0.29, 0.717) is 29.6 Å². The summed E-state index contributed by atoms with van der Waals surface area (Å²) in [6.45, 7) is 2.36. The van der Waals surface area contributed by atoms with Crippen molar-refractivity contribution in [2.75, 3.05) is 17.2 Å². The van der Waals surface area contributed by atoms with Gasteiger partial charge in [0.15, 0.2) is 0 Å². The van der Waals surface area contributed by atoms with Crippen molar-refractivity contribution in [1.82, 2.24) is 9.55 Å². The maximum Gasteiger partial charge on any atom is 0.135 e. The molecule has 0 saturated carbocycles. The largest absolute Gasteiger partial charge is 0.399 e. The predicted molar refractivity (Wildman–Crippen MR) is 73.6 cm³/mol. The highest BCUT2D eigenvalue weighted by atomic mass is 32.2. The van der Waals surface area contributed by atoms with Crippen molar-refractivity contribution in [2.45, 2.75) is 20.1 Å². The molecule has 0 amide bonds. The molecule has 1 atom stereocenters. The van der Waals surface area contributed by atoms with E-state index in [1.165, 1.54) is 0 Å². The monoisotopic (exact) mass is 267 g/mol. The topological polar surface area (TPSA) is 81.1 Å². The number of fused-ring (bicyclic) bond motifs is 1. The zero-order valence-electron chi connectivity index (χ0n) is 10.3. The molecule has 0 aliphatic carbocycles. The molecule has 6 heteroatoms. The fourth-order valence-electron chi connectivity index (χ4n) is 1.90. The summed E-state index contributed by atoms with van der Waals surface area (Å²) in [5.74, 6) is 1.80. The Hall–Kier alpha value is -1.40. The molecule has 2 aromatic rings. The molecule has 98 valence electrons. The van der Waals surface area contributed by atoms with Gasteiger partial charge < -0.3 is 15.4 Å². The molecule has 0 spiro atoms. The van der Waals surface area contributed by atoms with Crippen LogP contribution in [0.4, 0.5) is 5.69 Å². The molecule has 0 bridgehead atoms. The third kappa shape index (κ3) is 2.54. The van der Waals surface area contributed by atoms with E-state index in [1.54, 1.807) is 12.1 Å². The van der Waals surface area contributed by atoms with E-state index in [9.17, 15) is 9.32 Å². The SMILES string of the molecule is CCS(=O)CCn1c(CO)nc2cc(N)ccc21. The second-order valence-electron chi connectivity index (χ2n) is 4.02. The number of aryl methyl sites for hydroxylation is 1. The molecule has 0 radical (unpaired) electrons. The van der Waals surface area contributed by atoms with Crippen molar-refractivity contribution in [2.24, 2.45) is 0 Å². The number of benzene rings is 1. The quantitative estimate of drug-likeness (QED) is 0.788. The van der Waals surface area contributed by atoms with Crippen LogP contribution in [0.5, 0.6) is 0 Å². The van der Waals surface area contributed by atoms with Crippen molar-refractivity contribution in [3.63, 3.8) is 0 Å². The van der Waals surface area contributed by atoms with Crippen LogP contribution in [-0.4, -0.2) is 30.4 Å². The lowest BCUT2D eigenvalue weighted by Gasteiger charge is -2.07. The summed E-state index contributed by atoms with van der Waals surface area (Å²) in [6.07, 6.45) is 0. The van der Waals surface area contributed by atoms with Crippen LogP contribution >= 0.6 is 0 Å². The van der Waals surface area contributed by atoms with E-state index in [0.717, 1.165) is 11.0 Å². The van der Waals surface area contributed by atoms with Gasteiger partial charge in [-0.15, -0.1) is 0 Å². The number of rotatable bonds is 5. The molecule has 0 fully saturated rings. The van der Waals surface area contributed by atoms with Crippen LogP contribution in [0.2, 0.25) is 0 Å². The first-order chi connectivity index (χ1) is 8.65. The first kappa shape index (κ1) is 13.0. The molecule has 1 heterocycles. The first-order valence-corrected chi connectivity index (χ1v) is 7.35. The van der Waals surface area contributed by atoms with Crippen LogP contribution in [0.1, 0.15) is 12.7 Å². The van der Waals surface area contributed by atoms with Gasteiger partial charge in [0, 0.05) is 34.5 Å². The molecular formula is C12H17N3O2S. The van der Waals surface area contributed by atoms with Gasteiger partial charge in [-0.2, -0.15) is 0 Å². The molecule has 18 heavy (non-hydrogen) atoms. The minimum Gasteiger partial charge on any atom is -0.399 e. The average Bonchev–Trinajstić information content (AvgIpc) is 2.72. The number of aromatic nitrogens is 2. The Labute approximate surface area is 108 Å². The molecule has 0 aliphatic heterocycles. The smallest absolute Gasteiger partial charge is 0.135 e. The zero-order chi connectivity index (χ0) is 13.1. The molecule has 3 N–H and O–H groups in total. The standard InChI is InChI=1S/C12H17N3O2S/c1-2-18(17)6-5-15-11-4-3-9(13)7-10(11)14-12(15)8-16/h3-4,7,16H,2,5-6,8,13H2,1H3. The van der Waals surface area contributed by atoms with Crippen molar-refractivity contribution >= 4 is 27.5 Å². The van der Waals surface area contributed by atoms with Crippen molar-refractivity contribution < 1.29 is 9.32 Å². The number of aliphatic hydroxyl groups is 1. The Kier molecular flexibility index (Phi) is 3.98. The van der Waals surface area contributed by atoms with Gasteiger partial charge in [0.2, 0.25) is 0 Å². The van der Waals surface area contributed by atoms with E-state index >= 15 is 0 Å². The Bertz CT molecular complexity index is 580. The molecule has 1 aromatic heterocycles. The van der Waals surface area contributed by atoms with Crippen molar-refractivity contribution in [3.8, 4) is 0 Å². The normalized spacial score (nSPS) is 13.0. The first-order valence-electron chi connectivity index (χ1n) is 5.86. The van der Waals surface area contributed by atoms with Gasteiger partial charge in [0.1, 0.15) is 12.4 Å². The molecule has 1 aromatic carbocycles. The van der Waals surface area contributed by atoms with E-state index in [2.05, 4.69) is 4.98 Å². The summed E-state index contributed by atoms with van der Waals surface area (Å²) in [4.78, 5) is 4.33. The third-order valence-electron chi connectivity index (χ3n) is 2.86. The van der Waals surface area contributed by atoms with Gasteiger partial charge in [-0.05, 0) is 18.2 Å². The summed E-state index contributed by atoms with van der Waals surface area (Å²) in [5.41, 5.74) is 8.04. The highest BCUT2D eigenvalue weighted by Gasteiger charge is 2.10. The van der Waals surface area contributed by atoms with Crippen LogP contribution in [0, 0.1) is 0 Å². The Balaban J connectivity index is 2.37. The van der Waals surface area contributed by atoms with E-state index < -0.39 is 10.8 Å². The van der Waals surface area contributed by atoms with E-state index in [-0.39, 0.29) is 6.61 Å². The molecule has 0 aliphatic rings. The molecular weight excluding hydrogens is 250 g/mol. The fraction of sp³-hybridized carbons (Fsp3) is 0.417. The van der Waals surface area contributed by atoms with Crippen LogP contribution in [0.25, 0.3) is 11.0 Å². The van der Waals surface area contributed by atoms with Gasteiger partial charge in [-0.3, -0.25) is 4.21 Å². The number of nitrogen functional groups attached to an aromatic ring is 1. The van der Waals surface area contributed by atoms with E-state index in [1.807, 2.05) is 17.6 Å². The van der Waals surface area contributed by atoms with Crippen molar-refractivity contribution in [1.29, 1.82) is 0 Å². The van der Waals surface area contributed by atoms with Crippen LogP contribution < -0.4 is 5.73 Å². The summed E-state index contributed by atoms with van der Waals surface area (Å²) < 4.78 is 13.4. The summed E-state index contributed by atoms with van der Waals surface area (Å²) in [6, 6.07) is 5.46. The fourth-order valence-corrected chi connectivity index (χ4v) is 2.58. The van der Waals surface area contributed by atoms with Gasteiger partial charge in [-0.1, -0.05) is 6.92 Å². The highest BCUT2D eigenvalue weighted by Crippen LogP contribution is 2.19. The Morgan fingerprint density at radius 2 is 2.28 bits per heavy atom. The van der Waals surface area contributed by atoms with Gasteiger partial charge in [0.05, 0.1) is 11.0 Å². The predicted octanol–water partition coefficient (Wildman–Crippen LogP) is 0.879. The summed E-state index contributed by atoms with van der Waals surface area (Å²) in [7, 11) is -0.824. The second-order valence-corrected chi connectivity index (χ2v) is 5.88. The third-order valence-corrected chi connectivity index (χ3v) is 4.14. The number of anilines is 1. The zero-order valence-corrected chi connectivity index (χ0v) is 11.1. The Morgan fingerprint density at radius 3 is 2.94 bits per heavy atom. The summed E-state index contributed by atoms with van der Waals surface area (Å²) in [5, 5.41) is 9.32. The maximum atomic E-state index is 11.5.